The van der Waals surface area contributed by atoms with Gasteiger partial charge in [-0.15, -0.1) is 0 Å². The maximum absolute atomic E-state index is 10.4. The van der Waals surface area contributed by atoms with E-state index in [0.29, 0.717) is 6.42 Å². The molecule has 0 fully saturated rings. The highest BCUT2D eigenvalue weighted by atomic mass is 16.5. The number of rotatable bonds is 5. The number of pyridine rings is 1. The van der Waals surface area contributed by atoms with Crippen LogP contribution in [0.1, 0.15) is 13.3 Å². The maximum atomic E-state index is 10.4. The first kappa shape index (κ1) is 13.1. The molecule has 0 spiro atoms. The SMILES string of the molecule is CC(C/C=C/C(=O)O)Oc1ccc2ncccc2c1. The van der Waals surface area contributed by atoms with Gasteiger partial charge >= 0.3 is 5.97 Å². The molecule has 19 heavy (non-hydrogen) atoms. The Hall–Kier alpha value is -2.36. The summed E-state index contributed by atoms with van der Waals surface area (Å²) in [5.74, 6) is -0.180. The summed E-state index contributed by atoms with van der Waals surface area (Å²) in [5.41, 5.74) is 0.924. The molecule has 0 aliphatic heterocycles. The van der Waals surface area contributed by atoms with E-state index in [0.717, 1.165) is 22.7 Å². The van der Waals surface area contributed by atoms with Gasteiger partial charge in [-0.25, -0.2) is 4.79 Å². The molecule has 2 rings (SSSR count). The van der Waals surface area contributed by atoms with Crippen LogP contribution in [-0.4, -0.2) is 22.2 Å². The molecule has 0 saturated carbocycles. The molecular weight excluding hydrogens is 242 g/mol. The molecule has 4 nitrogen and oxygen atoms in total. The third-order valence-electron chi connectivity index (χ3n) is 2.64. The molecular formula is C15H15NO3. The number of carbonyl (C=O) groups is 1. The van der Waals surface area contributed by atoms with Gasteiger partial charge in [0.15, 0.2) is 0 Å². The Balaban J connectivity index is 2.02. The standard InChI is InChI=1S/C15H15NO3/c1-11(4-2-6-15(17)18)19-13-7-8-14-12(10-13)5-3-9-16-14/h2-3,5-11H,4H2,1H3,(H,17,18)/b6-2+. The molecule has 1 unspecified atom stereocenters. The Morgan fingerprint density at radius 1 is 1.47 bits per heavy atom. The Labute approximate surface area is 111 Å². The van der Waals surface area contributed by atoms with Crippen molar-refractivity contribution in [2.45, 2.75) is 19.4 Å². The van der Waals surface area contributed by atoms with Crippen LogP contribution in [0.4, 0.5) is 0 Å². The van der Waals surface area contributed by atoms with E-state index in [1.54, 1.807) is 12.3 Å². The molecule has 0 bridgehead atoms. The molecule has 0 aliphatic carbocycles. The number of aliphatic carboxylic acids is 1. The molecule has 0 aliphatic rings. The normalized spacial score (nSPS) is 12.7. The number of nitrogens with zero attached hydrogens (tertiary/aromatic N) is 1. The Morgan fingerprint density at radius 2 is 2.32 bits per heavy atom. The van der Waals surface area contributed by atoms with E-state index in [2.05, 4.69) is 4.98 Å². The number of aromatic nitrogens is 1. The zero-order valence-electron chi connectivity index (χ0n) is 10.6. The minimum Gasteiger partial charge on any atom is -0.490 e. The lowest BCUT2D eigenvalue weighted by molar-refractivity contribution is -0.131. The lowest BCUT2D eigenvalue weighted by atomic mass is 10.2. The fourth-order valence-electron chi connectivity index (χ4n) is 1.77. The highest BCUT2D eigenvalue weighted by Gasteiger charge is 2.03. The molecule has 0 saturated heterocycles. The highest BCUT2D eigenvalue weighted by molar-refractivity contribution is 5.80. The molecule has 1 atom stereocenters. The van der Waals surface area contributed by atoms with Crippen molar-refractivity contribution >= 4 is 16.9 Å². The summed E-state index contributed by atoms with van der Waals surface area (Å²) in [5, 5.41) is 9.52. The number of hydrogen-bond acceptors (Lipinski definition) is 3. The van der Waals surface area contributed by atoms with Crippen LogP contribution in [0, 0.1) is 0 Å². The van der Waals surface area contributed by atoms with Crippen molar-refractivity contribution in [3.05, 3.63) is 48.7 Å². The van der Waals surface area contributed by atoms with Crippen LogP contribution in [0.5, 0.6) is 5.75 Å². The van der Waals surface area contributed by atoms with Crippen LogP contribution >= 0.6 is 0 Å². The number of carboxylic acid groups (broad SMARTS) is 1. The maximum Gasteiger partial charge on any atom is 0.327 e. The first-order valence-electron chi connectivity index (χ1n) is 6.06. The van der Waals surface area contributed by atoms with Crippen molar-refractivity contribution in [2.24, 2.45) is 0 Å². The van der Waals surface area contributed by atoms with Gasteiger partial charge in [-0.3, -0.25) is 4.98 Å². The van der Waals surface area contributed by atoms with Crippen molar-refractivity contribution < 1.29 is 14.6 Å². The third-order valence-corrected chi connectivity index (χ3v) is 2.64. The van der Waals surface area contributed by atoms with Gasteiger partial charge < -0.3 is 9.84 Å². The summed E-state index contributed by atoms with van der Waals surface area (Å²) >= 11 is 0. The Bertz CT molecular complexity index is 607. The molecule has 0 radical (unpaired) electrons. The second-order valence-corrected chi connectivity index (χ2v) is 4.26. The average molecular weight is 257 g/mol. The molecule has 1 N–H and O–H groups in total. The van der Waals surface area contributed by atoms with E-state index in [4.69, 9.17) is 9.84 Å². The summed E-state index contributed by atoms with van der Waals surface area (Å²) in [6.45, 7) is 1.90. The van der Waals surface area contributed by atoms with Crippen LogP contribution in [0.25, 0.3) is 10.9 Å². The van der Waals surface area contributed by atoms with Crippen LogP contribution < -0.4 is 4.74 Å². The van der Waals surface area contributed by atoms with Crippen molar-refractivity contribution in [3.8, 4) is 5.75 Å². The van der Waals surface area contributed by atoms with Gasteiger partial charge in [-0.1, -0.05) is 12.1 Å². The number of hydrogen-bond donors (Lipinski definition) is 1. The summed E-state index contributed by atoms with van der Waals surface area (Å²) in [7, 11) is 0. The summed E-state index contributed by atoms with van der Waals surface area (Å²) in [6, 6.07) is 9.56. The molecule has 1 heterocycles. The van der Waals surface area contributed by atoms with E-state index >= 15 is 0 Å². The molecule has 1 aromatic carbocycles. The predicted octanol–water partition coefficient (Wildman–Crippen LogP) is 3.03. The van der Waals surface area contributed by atoms with Gasteiger partial charge in [0.1, 0.15) is 5.75 Å². The topological polar surface area (TPSA) is 59.4 Å². The van der Waals surface area contributed by atoms with Crippen LogP contribution in [0.2, 0.25) is 0 Å². The van der Waals surface area contributed by atoms with Gasteiger partial charge in [0.05, 0.1) is 11.6 Å². The number of ether oxygens (including phenoxy) is 1. The Morgan fingerprint density at radius 3 is 3.11 bits per heavy atom. The molecule has 4 heteroatoms. The van der Waals surface area contributed by atoms with Gasteiger partial charge in [0.2, 0.25) is 0 Å². The zero-order chi connectivity index (χ0) is 13.7. The smallest absolute Gasteiger partial charge is 0.327 e. The number of fused-ring (bicyclic) bond motifs is 1. The fraction of sp³-hybridized carbons (Fsp3) is 0.200. The molecule has 2 aromatic rings. The van der Waals surface area contributed by atoms with Crippen LogP contribution in [0.3, 0.4) is 0 Å². The van der Waals surface area contributed by atoms with Crippen LogP contribution in [-0.2, 0) is 4.79 Å². The minimum atomic E-state index is -0.941. The van der Waals surface area contributed by atoms with Crippen molar-refractivity contribution in [3.63, 3.8) is 0 Å². The fourth-order valence-corrected chi connectivity index (χ4v) is 1.77. The van der Waals surface area contributed by atoms with E-state index in [1.807, 2.05) is 37.3 Å². The predicted molar refractivity (Wildman–Crippen MR) is 73.2 cm³/mol. The van der Waals surface area contributed by atoms with E-state index in [9.17, 15) is 4.79 Å². The lowest BCUT2D eigenvalue weighted by Gasteiger charge is -2.13. The number of benzene rings is 1. The van der Waals surface area contributed by atoms with Crippen molar-refractivity contribution in [1.29, 1.82) is 0 Å². The third kappa shape index (κ3) is 3.81. The second-order valence-electron chi connectivity index (χ2n) is 4.26. The van der Waals surface area contributed by atoms with E-state index in [1.165, 1.54) is 0 Å². The molecule has 1 aromatic heterocycles. The van der Waals surface area contributed by atoms with Crippen molar-refractivity contribution in [2.75, 3.05) is 0 Å². The Kier molecular flexibility index (Phi) is 4.13. The van der Waals surface area contributed by atoms with Gasteiger partial charge in [0, 0.05) is 24.1 Å². The summed E-state index contributed by atoms with van der Waals surface area (Å²) in [4.78, 5) is 14.6. The first-order valence-corrected chi connectivity index (χ1v) is 6.06. The molecule has 98 valence electrons. The van der Waals surface area contributed by atoms with E-state index in [-0.39, 0.29) is 6.10 Å². The second kappa shape index (κ2) is 6.00. The summed E-state index contributed by atoms with van der Waals surface area (Å²) in [6.07, 6.45) is 4.95. The van der Waals surface area contributed by atoms with Gasteiger partial charge in [-0.2, -0.15) is 0 Å². The molecule has 0 amide bonds. The quantitative estimate of drug-likeness (QED) is 0.836. The van der Waals surface area contributed by atoms with Crippen molar-refractivity contribution in [1.82, 2.24) is 4.98 Å². The van der Waals surface area contributed by atoms with Gasteiger partial charge in [-0.05, 0) is 31.2 Å². The highest BCUT2D eigenvalue weighted by Crippen LogP contribution is 2.20. The summed E-state index contributed by atoms with van der Waals surface area (Å²) < 4.78 is 5.73. The lowest BCUT2D eigenvalue weighted by Crippen LogP contribution is -2.10. The minimum absolute atomic E-state index is 0.0790. The van der Waals surface area contributed by atoms with Crippen LogP contribution in [0.15, 0.2) is 48.7 Å². The average Bonchev–Trinajstić information content (AvgIpc) is 2.38. The zero-order valence-corrected chi connectivity index (χ0v) is 10.6. The van der Waals surface area contributed by atoms with Gasteiger partial charge in [0.25, 0.3) is 0 Å². The largest absolute Gasteiger partial charge is 0.490 e. The van der Waals surface area contributed by atoms with E-state index < -0.39 is 5.97 Å². The number of carboxylic acids is 1. The monoisotopic (exact) mass is 257 g/mol. The first-order chi connectivity index (χ1) is 9.15.